The van der Waals surface area contributed by atoms with E-state index in [9.17, 15) is 4.39 Å². The van der Waals surface area contributed by atoms with Gasteiger partial charge in [-0.05, 0) is 43.0 Å². The molecule has 0 aromatic heterocycles. The van der Waals surface area contributed by atoms with Crippen LogP contribution in [0.4, 0.5) is 4.39 Å². The summed E-state index contributed by atoms with van der Waals surface area (Å²) in [7, 11) is 0. The molecule has 0 aliphatic carbocycles. The van der Waals surface area contributed by atoms with Gasteiger partial charge in [0.05, 0.1) is 12.6 Å². The fourth-order valence-electron chi connectivity index (χ4n) is 1.86. The fourth-order valence-corrected chi connectivity index (χ4v) is 2.10. The normalized spacial score (nSPS) is 17.2. The molecule has 1 atom stereocenters. The minimum Gasteiger partial charge on any atom is -0.497 e. The van der Waals surface area contributed by atoms with Gasteiger partial charge in [0.2, 0.25) is 0 Å². The SMILES string of the molecule is NC(Cc1ccc(F)cc1Cl)C1=CCCCO1. The van der Waals surface area contributed by atoms with Crippen LogP contribution in [-0.4, -0.2) is 12.6 Å². The predicted molar refractivity (Wildman–Crippen MR) is 66.4 cm³/mol. The van der Waals surface area contributed by atoms with E-state index in [4.69, 9.17) is 22.1 Å². The average Bonchev–Trinajstić information content (AvgIpc) is 2.34. The zero-order valence-corrected chi connectivity index (χ0v) is 10.2. The van der Waals surface area contributed by atoms with E-state index in [1.54, 1.807) is 6.07 Å². The van der Waals surface area contributed by atoms with E-state index >= 15 is 0 Å². The van der Waals surface area contributed by atoms with E-state index < -0.39 is 0 Å². The van der Waals surface area contributed by atoms with Crippen LogP contribution in [0.5, 0.6) is 0 Å². The summed E-state index contributed by atoms with van der Waals surface area (Å²) < 4.78 is 18.4. The first-order valence-electron chi connectivity index (χ1n) is 5.69. The van der Waals surface area contributed by atoms with Crippen molar-refractivity contribution in [2.24, 2.45) is 5.73 Å². The summed E-state index contributed by atoms with van der Waals surface area (Å²) >= 11 is 5.96. The lowest BCUT2D eigenvalue weighted by molar-refractivity contribution is 0.175. The summed E-state index contributed by atoms with van der Waals surface area (Å²) in [6.07, 6.45) is 4.62. The summed E-state index contributed by atoms with van der Waals surface area (Å²) in [6.45, 7) is 0.719. The van der Waals surface area contributed by atoms with Gasteiger partial charge < -0.3 is 10.5 Å². The highest BCUT2D eigenvalue weighted by atomic mass is 35.5. The third-order valence-corrected chi connectivity index (χ3v) is 3.13. The molecule has 92 valence electrons. The smallest absolute Gasteiger partial charge is 0.124 e. The summed E-state index contributed by atoms with van der Waals surface area (Å²) in [4.78, 5) is 0. The lowest BCUT2D eigenvalue weighted by atomic mass is 10.0. The second kappa shape index (κ2) is 5.52. The summed E-state index contributed by atoms with van der Waals surface area (Å²) in [5.41, 5.74) is 6.88. The van der Waals surface area contributed by atoms with E-state index in [-0.39, 0.29) is 11.9 Å². The Morgan fingerprint density at radius 3 is 2.94 bits per heavy atom. The standard InChI is InChI=1S/C13H15ClFNO/c14-11-8-10(15)5-4-9(11)7-12(16)13-3-1-2-6-17-13/h3-5,8,12H,1-2,6-7,16H2. The highest BCUT2D eigenvalue weighted by Crippen LogP contribution is 2.21. The Hall–Kier alpha value is -1.06. The van der Waals surface area contributed by atoms with Crippen molar-refractivity contribution in [3.8, 4) is 0 Å². The largest absolute Gasteiger partial charge is 0.497 e. The molecule has 0 saturated heterocycles. The minimum atomic E-state index is -0.333. The third kappa shape index (κ3) is 3.20. The van der Waals surface area contributed by atoms with Crippen LogP contribution in [0.15, 0.2) is 30.0 Å². The van der Waals surface area contributed by atoms with Gasteiger partial charge >= 0.3 is 0 Å². The molecule has 0 fully saturated rings. The molecule has 1 aromatic rings. The zero-order chi connectivity index (χ0) is 12.3. The van der Waals surface area contributed by atoms with E-state index in [1.807, 2.05) is 6.08 Å². The molecule has 2 N–H and O–H groups in total. The van der Waals surface area contributed by atoms with Crippen molar-refractivity contribution in [1.82, 2.24) is 0 Å². The molecule has 0 amide bonds. The molecule has 2 nitrogen and oxygen atoms in total. The maximum atomic E-state index is 12.9. The molecule has 1 aliphatic heterocycles. The molecule has 17 heavy (non-hydrogen) atoms. The van der Waals surface area contributed by atoms with Crippen LogP contribution in [0.2, 0.25) is 5.02 Å². The lowest BCUT2D eigenvalue weighted by Crippen LogP contribution is -2.28. The number of hydrogen-bond acceptors (Lipinski definition) is 2. The first-order chi connectivity index (χ1) is 8.16. The van der Waals surface area contributed by atoms with Gasteiger partial charge in [-0.3, -0.25) is 0 Å². The van der Waals surface area contributed by atoms with Crippen molar-refractivity contribution in [3.05, 3.63) is 46.4 Å². The van der Waals surface area contributed by atoms with Gasteiger partial charge in [-0.15, -0.1) is 0 Å². The summed E-state index contributed by atoms with van der Waals surface area (Å²) in [6, 6.07) is 4.16. The number of hydrogen-bond donors (Lipinski definition) is 1. The molecule has 2 rings (SSSR count). The van der Waals surface area contributed by atoms with Crippen molar-refractivity contribution in [3.63, 3.8) is 0 Å². The number of ether oxygens (including phenoxy) is 1. The summed E-state index contributed by atoms with van der Waals surface area (Å²) in [5.74, 6) is 0.483. The van der Waals surface area contributed by atoms with Gasteiger partial charge in [0, 0.05) is 5.02 Å². The van der Waals surface area contributed by atoms with Gasteiger partial charge in [0.25, 0.3) is 0 Å². The Morgan fingerprint density at radius 1 is 1.47 bits per heavy atom. The monoisotopic (exact) mass is 255 g/mol. The van der Waals surface area contributed by atoms with E-state index in [0.29, 0.717) is 11.4 Å². The van der Waals surface area contributed by atoms with Crippen molar-refractivity contribution >= 4 is 11.6 Å². The van der Waals surface area contributed by atoms with E-state index in [1.165, 1.54) is 12.1 Å². The maximum absolute atomic E-state index is 12.9. The molecule has 1 aliphatic rings. The Kier molecular flexibility index (Phi) is 4.02. The Labute approximate surface area is 105 Å². The Morgan fingerprint density at radius 2 is 2.29 bits per heavy atom. The molecular formula is C13H15ClFNO. The molecule has 0 spiro atoms. The van der Waals surface area contributed by atoms with E-state index in [2.05, 4.69) is 0 Å². The number of halogens is 2. The van der Waals surface area contributed by atoms with Gasteiger partial charge in [-0.25, -0.2) is 4.39 Å². The minimum absolute atomic E-state index is 0.210. The molecule has 1 unspecified atom stereocenters. The fraction of sp³-hybridized carbons (Fsp3) is 0.385. The number of allylic oxidation sites excluding steroid dienone is 1. The first kappa shape index (κ1) is 12.4. The molecule has 0 saturated carbocycles. The molecule has 1 heterocycles. The molecule has 4 heteroatoms. The highest BCUT2D eigenvalue weighted by Gasteiger charge is 2.15. The van der Waals surface area contributed by atoms with Crippen LogP contribution in [0, 0.1) is 5.82 Å². The van der Waals surface area contributed by atoms with Crippen LogP contribution in [0.25, 0.3) is 0 Å². The Balaban J connectivity index is 2.07. The van der Waals surface area contributed by atoms with Gasteiger partial charge in [0.1, 0.15) is 11.6 Å². The predicted octanol–water partition coefficient (Wildman–Crippen LogP) is 3.04. The third-order valence-electron chi connectivity index (χ3n) is 2.78. The second-order valence-electron chi connectivity index (χ2n) is 4.14. The molecule has 0 radical (unpaired) electrons. The van der Waals surface area contributed by atoms with Gasteiger partial charge in [-0.2, -0.15) is 0 Å². The Bertz CT molecular complexity index is 433. The van der Waals surface area contributed by atoms with Crippen molar-refractivity contribution in [2.45, 2.75) is 25.3 Å². The van der Waals surface area contributed by atoms with Crippen LogP contribution >= 0.6 is 11.6 Å². The zero-order valence-electron chi connectivity index (χ0n) is 9.46. The van der Waals surface area contributed by atoms with Crippen molar-refractivity contribution in [1.29, 1.82) is 0 Å². The quantitative estimate of drug-likeness (QED) is 0.901. The summed E-state index contributed by atoms with van der Waals surface area (Å²) in [5, 5.41) is 0.414. The number of benzene rings is 1. The van der Waals surface area contributed by atoms with Crippen molar-refractivity contribution < 1.29 is 9.13 Å². The van der Waals surface area contributed by atoms with Crippen LogP contribution in [0.1, 0.15) is 18.4 Å². The topological polar surface area (TPSA) is 35.2 Å². The van der Waals surface area contributed by atoms with Gasteiger partial charge in [-0.1, -0.05) is 17.7 Å². The van der Waals surface area contributed by atoms with Crippen LogP contribution in [-0.2, 0) is 11.2 Å². The van der Waals surface area contributed by atoms with Crippen LogP contribution < -0.4 is 5.73 Å². The van der Waals surface area contributed by atoms with Gasteiger partial charge in [0.15, 0.2) is 0 Å². The molecular weight excluding hydrogens is 241 g/mol. The maximum Gasteiger partial charge on any atom is 0.124 e. The highest BCUT2D eigenvalue weighted by molar-refractivity contribution is 6.31. The lowest BCUT2D eigenvalue weighted by Gasteiger charge is -2.21. The average molecular weight is 256 g/mol. The molecule has 1 aromatic carbocycles. The van der Waals surface area contributed by atoms with Crippen molar-refractivity contribution in [2.75, 3.05) is 6.61 Å². The van der Waals surface area contributed by atoms with E-state index in [0.717, 1.165) is 30.8 Å². The number of rotatable bonds is 3. The molecule has 0 bridgehead atoms. The first-order valence-corrected chi connectivity index (χ1v) is 6.07. The van der Waals surface area contributed by atoms with Crippen LogP contribution in [0.3, 0.4) is 0 Å². The number of nitrogens with two attached hydrogens (primary N) is 1. The second-order valence-corrected chi connectivity index (χ2v) is 4.55.